The van der Waals surface area contributed by atoms with Gasteiger partial charge in [0, 0.05) is 17.5 Å². The van der Waals surface area contributed by atoms with Crippen LogP contribution >= 0.6 is 11.3 Å². The molecule has 1 fully saturated rings. The van der Waals surface area contributed by atoms with Crippen molar-refractivity contribution in [3.05, 3.63) is 21.9 Å². The van der Waals surface area contributed by atoms with Crippen LogP contribution in [0.3, 0.4) is 0 Å². The highest BCUT2D eigenvalue weighted by Crippen LogP contribution is 2.20. The van der Waals surface area contributed by atoms with Gasteiger partial charge in [-0.05, 0) is 45.7 Å². The Morgan fingerprint density at radius 2 is 2.32 bits per heavy atom. The molecular formula is C14H22N2O2S. The lowest BCUT2D eigenvalue weighted by atomic mass is 10.1. The van der Waals surface area contributed by atoms with E-state index in [4.69, 9.17) is 4.74 Å². The average Bonchev–Trinajstić information content (AvgIpc) is 2.93. The van der Waals surface area contributed by atoms with Gasteiger partial charge in [0.25, 0.3) is 0 Å². The number of rotatable bonds is 5. The lowest BCUT2D eigenvalue weighted by molar-refractivity contribution is 0.0532. The molecule has 0 spiro atoms. The first-order valence-corrected chi connectivity index (χ1v) is 7.60. The van der Waals surface area contributed by atoms with Crippen molar-refractivity contribution in [3.63, 3.8) is 0 Å². The van der Waals surface area contributed by atoms with Crippen LogP contribution in [0, 0.1) is 0 Å². The quantitative estimate of drug-likeness (QED) is 0.813. The molecule has 19 heavy (non-hydrogen) atoms. The van der Waals surface area contributed by atoms with Gasteiger partial charge in [-0.25, -0.2) is 4.79 Å². The molecule has 4 nitrogen and oxygen atoms in total. The van der Waals surface area contributed by atoms with E-state index in [0.717, 1.165) is 19.4 Å². The molecule has 0 aliphatic carbocycles. The molecule has 0 aromatic carbocycles. The summed E-state index contributed by atoms with van der Waals surface area (Å²) in [6.45, 7) is 7.56. The third-order valence-electron chi connectivity index (χ3n) is 3.23. The van der Waals surface area contributed by atoms with Crippen LogP contribution in [0.2, 0.25) is 0 Å². The predicted octanol–water partition coefficient (Wildman–Crippen LogP) is 2.15. The number of aryl methyl sites for hydroxylation is 1. The Kier molecular flexibility index (Phi) is 4.60. The third-order valence-corrected chi connectivity index (χ3v) is 4.36. The summed E-state index contributed by atoms with van der Waals surface area (Å²) < 4.78 is 5.00. The van der Waals surface area contributed by atoms with Crippen molar-refractivity contribution in [2.24, 2.45) is 0 Å². The minimum Gasteiger partial charge on any atom is -0.462 e. The molecule has 1 aromatic rings. The van der Waals surface area contributed by atoms with Gasteiger partial charge in [-0.1, -0.05) is 0 Å². The Bertz CT molecular complexity index is 442. The van der Waals surface area contributed by atoms with E-state index in [9.17, 15) is 4.79 Å². The summed E-state index contributed by atoms with van der Waals surface area (Å²) >= 11 is 1.54. The second-order valence-electron chi connectivity index (χ2n) is 5.37. The first kappa shape index (κ1) is 14.5. The van der Waals surface area contributed by atoms with E-state index in [-0.39, 0.29) is 11.6 Å². The van der Waals surface area contributed by atoms with Crippen molar-refractivity contribution in [2.45, 2.75) is 45.3 Å². The number of carbonyl (C=O) groups is 1. The fourth-order valence-corrected chi connectivity index (χ4v) is 3.22. The maximum absolute atomic E-state index is 11.6. The van der Waals surface area contributed by atoms with Gasteiger partial charge in [0.1, 0.15) is 4.88 Å². The summed E-state index contributed by atoms with van der Waals surface area (Å²) in [5.41, 5.74) is 0.0379. The smallest absolute Gasteiger partial charge is 0.348 e. The predicted molar refractivity (Wildman–Crippen MR) is 77.6 cm³/mol. The van der Waals surface area contributed by atoms with E-state index in [1.807, 2.05) is 19.1 Å². The molecule has 1 atom stereocenters. The van der Waals surface area contributed by atoms with Gasteiger partial charge in [-0.15, -0.1) is 11.3 Å². The lowest BCUT2D eigenvalue weighted by Gasteiger charge is -2.19. The van der Waals surface area contributed by atoms with E-state index >= 15 is 0 Å². The molecule has 0 radical (unpaired) electrons. The standard InChI is InChI=1S/C14H22N2O2S/c1-4-18-13(17)12-8-7-11(19-12)6-5-10-9-15-14(2,3)16-10/h7-8,10,15-16H,4-6,9H2,1-3H3/t10-/m0/s1. The summed E-state index contributed by atoms with van der Waals surface area (Å²) in [7, 11) is 0. The molecule has 0 amide bonds. The second kappa shape index (κ2) is 6.03. The van der Waals surface area contributed by atoms with Crippen LogP contribution < -0.4 is 10.6 Å². The molecule has 2 N–H and O–H groups in total. The number of nitrogens with one attached hydrogen (secondary N) is 2. The van der Waals surface area contributed by atoms with Gasteiger partial charge in [0.15, 0.2) is 0 Å². The zero-order valence-corrected chi connectivity index (χ0v) is 12.6. The summed E-state index contributed by atoms with van der Waals surface area (Å²) in [5, 5.41) is 6.99. The van der Waals surface area contributed by atoms with Crippen molar-refractivity contribution in [1.82, 2.24) is 10.6 Å². The van der Waals surface area contributed by atoms with E-state index in [2.05, 4.69) is 24.5 Å². The van der Waals surface area contributed by atoms with Crippen molar-refractivity contribution in [3.8, 4) is 0 Å². The maximum Gasteiger partial charge on any atom is 0.348 e. The van der Waals surface area contributed by atoms with E-state index < -0.39 is 0 Å². The first-order chi connectivity index (χ1) is 9.00. The zero-order valence-electron chi connectivity index (χ0n) is 11.8. The second-order valence-corrected chi connectivity index (χ2v) is 6.54. The monoisotopic (exact) mass is 282 g/mol. The Labute approximate surface area is 118 Å². The highest BCUT2D eigenvalue weighted by Gasteiger charge is 2.28. The Hall–Kier alpha value is -0.910. The molecule has 1 aliphatic rings. The number of esters is 1. The molecule has 2 rings (SSSR count). The molecule has 1 saturated heterocycles. The van der Waals surface area contributed by atoms with Crippen molar-refractivity contribution < 1.29 is 9.53 Å². The van der Waals surface area contributed by atoms with Crippen molar-refractivity contribution in [1.29, 1.82) is 0 Å². The van der Waals surface area contributed by atoms with E-state index in [1.54, 1.807) is 11.3 Å². The van der Waals surface area contributed by atoms with E-state index in [0.29, 0.717) is 17.5 Å². The SMILES string of the molecule is CCOC(=O)c1ccc(CC[C@H]2CNC(C)(C)N2)s1. The summed E-state index contributed by atoms with van der Waals surface area (Å²) in [4.78, 5) is 13.5. The minimum absolute atomic E-state index is 0.0379. The molecule has 5 heteroatoms. The van der Waals surface area contributed by atoms with Crippen molar-refractivity contribution >= 4 is 17.3 Å². The molecule has 0 bridgehead atoms. The zero-order chi connectivity index (χ0) is 13.9. The first-order valence-electron chi connectivity index (χ1n) is 6.79. The largest absolute Gasteiger partial charge is 0.462 e. The molecule has 1 aliphatic heterocycles. The van der Waals surface area contributed by atoms with Crippen LogP contribution in [-0.2, 0) is 11.2 Å². The summed E-state index contributed by atoms with van der Waals surface area (Å²) in [6, 6.07) is 4.40. The molecule has 106 valence electrons. The molecule has 1 aromatic heterocycles. The number of thiophene rings is 1. The number of hydrogen-bond acceptors (Lipinski definition) is 5. The Balaban J connectivity index is 1.82. The number of ether oxygens (including phenoxy) is 1. The highest BCUT2D eigenvalue weighted by molar-refractivity contribution is 7.13. The molecule has 0 saturated carbocycles. The van der Waals surface area contributed by atoms with Crippen LogP contribution in [-0.4, -0.2) is 30.8 Å². The normalized spacial score (nSPS) is 21.5. The highest BCUT2D eigenvalue weighted by atomic mass is 32.1. The Morgan fingerprint density at radius 1 is 1.53 bits per heavy atom. The van der Waals surface area contributed by atoms with Gasteiger partial charge in [0.05, 0.1) is 12.3 Å². The summed E-state index contributed by atoms with van der Waals surface area (Å²) in [6.07, 6.45) is 2.08. The maximum atomic E-state index is 11.6. The fraction of sp³-hybridized carbons (Fsp3) is 0.643. The number of carbonyl (C=O) groups excluding carboxylic acids is 1. The minimum atomic E-state index is -0.208. The van der Waals surface area contributed by atoms with Gasteiger partial charge in [-0.2, -0.15) is 0 Å². The van der Waals surface area contributed by atoms with Crippen LogP contribution in [0.1, 0.15) is 41.7 Å². The lowest BCUT2D eigenvalue weighted by Crippen LogP contribution is -2.43. The molecule has 2 heterocycles. The topological polar surface area (TPSA) is 50.4 Å². The van der Waals surface area contributed by atoms with Gasteiger partial charge in [-0.3, -0.25) is 10.6 Å². The van der Waals surface area contributed by atoms with Gasteiger partial charge >= 0.3 is 5.97 Å². The van der Waals surface area contributed by atoms with E-state index in [1.165, 1.54) is 4.88 Å². The van der Waals surface area contributed by atoms with Gasteiger partial charge < -0.3 is 4.74 Å². The van der Waals surface area contributed by atoms with Crippen LogP contribution in [0.5, 0.6) is 0 Å². The molecule has 0 unspecified atom stereocenters. The van der Waals surface area contributed by atoms with Crippen molar-refractivity contribution in [2.75, 3.05) is 13.2 Å². The third kappa shape index (κ3) is 4.03. The molecular weight excluding hydrogens is 260 g/mol. The summed E-state index contributed by atoms with van der Waals surface area (Å²) in [5.74, 6) is -0.208. The van der Waals surface area contributed by atoms with Crippen LogP contribution in [0.25, 0.3) is 0 Å². The van der Waals surface area contributed by atoms with Crippen LogP contribution in [0.15, 0.2) is 12.1 Å². The number of hydrogen-bond donors (Lipinski definition) is 2. The fourth-order valence-electron chi connectivity index (χ4n) is 2.31. The average molecular weight is 282 g/mol. The van der Waals surface area contributed by atoms with Crippen LogP contribution in [0.4, 0.5) is 0 Å². The Morgan fingerprint density at radius 3 is 2.95 bits per heavy atom. The van der Waals surface area contributed by atoms with Gasteiger partial charge in [0.2, 0.25) is 0 Å².